The standard InChI is InChI=1S/C9H20O4.C6H10O2.C4H8O.3CH4/c1-10-5-9(6-11-2,7-12-3)8-13-4;1-3-5-8-6(7)4-2;1-3-4(2)5;;;/h5-8H2,1-4H3;4H,2-3,5H2,1H3;3H2,1-2H3;3*1H4. The average Bonchev–Trinajstić information content (AvgIpc) is 2.61. The summed E-state index contributed by atoms with van der Waals surface area (Å²) < 4.78 is 25.1. The summed E-state index contributed by atoms with van der Waals surface area (Å²) in [5, 5.41) is 0. The maximum absolute atomic E-state index is 10.2. The number of carbonyl (C=O) groups excluding carboxylic acids is 2. The molecule has 0 atom stereocenters. The van der Waals surface area contributed by atoms with Gasteiger partial charge in [-0.25, -0.2) is 4.79 Å². The van der Waals surface area contributed by atoms with Crippen LogP contribution in [0, 0.1) is 5.41 Å². The van der Waals surface area contributed by atoms with Crippen molar-refractivity contribution in [2.75, 3.05) is 61.5 Å². The fourth-order valence-electron chi connectivity index (χ4n) is 1.74. The molecule has 0 unspecified atom stereocenters. The topological polar surface area (TPSA) is 80.3 Å². The SMILES string of the molecule is C.C.C.C=CC(=O)OCCC.CCC(C)=O.COCC(COC)(COC)COC. The number of esters is 1. The second kappa shape index (κ2) is 31.4. The zero-order valence-corrected chi connectivity index (χ0v) is 17.6. The van der Waals surface area contributed by atoms with Crippen LogP contribution in [0.1, 0.15) is 55.9 Å². The molecule has 0 aliphatic rings. The summed E-state index contributed by atoms with van der Waals surface area (Å²) in [6.07, 6.45) is 2.69. The first-order valence-electron chi connectivity index (χ1n) is 8.57. The Bertz CT molecular complexity index is 315. The summed E-state index contributed by atoms with van der Waals surface area (Å²) in [5.74, 6) is -0.0862. The maximum Gasteiger partial charge on any atom is 0.330 e. The molecule has 0 radical (unpaired) electrons. The molecule has 0 saturated carbocycles. The van der Waals surface area contributed by atoms with E-state index in [9.17, 15) is 9.59 Å². The first-order chi connectivity index (χ1) is 12.3. The first kappa shape index (κ1) is 42.0. The number of hydrogen-bond acceptors (Lipinski definition) is 7. The van der Waals surface area contributed by atoms with Crippen LogP contribution in [-0.2, 0) is 33.3 Å². The van der Waals surface area contributed by atoms with Gasteiger partial charge < -0.3 is 28.5 Å². The minimum Gasteiger partial charge on any atom is -0.463 e. The van der Waals surface area contributed by atoms with Crippen molar-refractivity contribution in [2.45, 2.75) is 55.9 Å². The highest BCUT2D eigenvalue weighted by Crippen LogP contribution is 2.19. The van der Waals surface area contributed by atoms with Crippen LogP contribution in [0.5, 0.6) is 0 Å². The summed E-state index contributed by atoms with van der Waals surface area (Å²) in [6.45, 7) is 11.4. The molecule has 0 heterocycles. The van der Waals surface area contributed by atoms with Crippen molar-refractivity contribution in [3.63, 3.8) is 0 Å². The van der Waals surface area contributed by atoms with E-state index in [4.69, 9.17) is 18.9 Å². The van der Waals surface area contributed by atoms with Crippen LogP contribution >= 0.6 is 0 Å². The second-order valence-electron chi connectivity index (χ2n) is 5.66. The third-order valence-electron chi connectivity index (χ3n) is 2.92. The highest BCUT2D eigenvalue weighted by Gasteiger charge is 2.30. The fraction of sp³-hybridized carbons (Fsp3) is 0.818. The van der Waals surface area contributed by atoms with Gasteiger partial charge in [0.05, 0.1) is 38.4 Å². The van der Waals surface area contributed by atoms with Crippen LogP contribution < -0.4 is 0 Å². The monoisotopic (exact) mass is 426 g/mol. The number of rotatable bonds is 12. The quantitative estimate of drug-likeness (QED) is 0.334. The van der Waals surface area contributed by atoms with Gasteiger partial charge in [0.1, 0.15) is 5.78 Å². The molecule has 7 nitrogen and oxygen atoms in total. The smallest absolute Gasteiger partial charge is 0.330 e. The molecule has 0 fully saturated rings. The van der Waals surface area contributed by atoms with E-state index in [1.54, 1.807) is 35.4 Å². The Hall–Kier alpha value is -1.28. The number of methoxy groups -OCH3 is 4. The zero-order chi connectivity index (χ0) is 20.8. The zero-order valence-electron chi connectivity index (χ0n) is 17.6. The average molecular weight is 427 g/mol. The molecular weight excluding hydrogens is 376 g/mol. The van der Waals surface area contributed by atoms with Crippen molar-refractivity contribution < 1.29 is 33.3 Å². The third-order valence-corrected chi connectivity index (χ3v) is 2.92. The van der Waals surface area contributed by atoms with Gasteiger partial charge in [-0.3, -0.25) is 0 Å². The van der Waals surface area contributed by atoms with Crippen LogP contribution in [0.2, 0.25) is 0 Å². The van der Waals surface area contributed by atoms with Gasteiger partial charge in [0.15, 0.2) is 0 Å². The van der Waals surface area contributed by atoms with Gasteiger partial charge in [-0.15, -0.1) is 0 Å². The fourth-order valence-corrected chi connectivity index (χ4v) is 1.74. The van der Waals surface area contributed by atoms with Gasteiger partial charge >= 0.3 is 5.97 Å². The van der Waals surface area contributed by atoms with Crippen molar-refractivity contribution in [2.24, 2.45) is 5.41 Å². The van der Waals surface area contributed by atoms with E-state index in [2.05, 4.69) is 11.3 Å². The Morgan fingerprint density at radius 3 is 1.31 bits per heavy atom. The van der Waals surface area contributed by atoms with Crippen LogP contribution in [-0.4, -0.2) is 73.2 Å². The number of ketones is 1. The van der Waals surface area contributed by atoms with E-state index in [1.165, 1.54) is 0 Å². The van der Waals surface area contributed by atoms with Crippen LogP contribution in [0.4, 0.5) is 0 Å². The van der Waals surface area contributed by atoms with Crippen molar-refractivity contribution in [1.29, 1.82) is 0 Å². The van der Waals surface area contributed by atoms with E-state index < -0.39 is 0 Å². The molecule has 0 aromatic carbocycles. The van der Waals surface area contributed by atoms with Gasteiger partial charge in [-0.1, -0.05) is 42.7 Å². The number of ether oxygens (including phenoxy) is 5. The lowest BCUT2D eigenvalue weighted by Crippen LogP contribution is -2.40. The van der Waals surface area contributed by atoms with Crippen molar-refractivity contribution in [1.82, 2.24) is 0 Å². The van der Waals surface area contributed by atoms with Crippen molar-refractivity contribution >= 4 is 11.8 Å². The molecule has 0 saturated heterocycles. The van der Waals surface area contributed by atoms with Gasteiger partial charge in [0.25, 0.3) is 0 Å². The highest BCUT2D eigenvalue weighted by atomic mass is 16.5. The van der Waals surface area contributed by atoms with E-state index in [0.717, 1.165) is 12.5 Å². The normalized spacial score (nSPS) is 8.93. The van der Waals surface area contributed by atoms with E-state index >= 15 is 0 Å². The molecule has 29 heavy (non-hydrogen) atoms. The van der Waals surface area contributed by atoms with E-state index in [0.29, 0.717) is 39.5 Å². The Morgan fingerprint density at radius 1 is 0.828 bits per heavy atom. The molecule has 0 aromatic heterocycles. The van der Waals surface area contributed by atoms with Gasteiger partial charge in [-0.2, -0.15) is 0 Å². The second-order valence-corrected chi connectivity index (χ2v) is 5.66. The lowest BCUT2D eigenvalue weighted by Gasteiger charge is -2.30. The highest BCUT2D eigenvalue weighted by molar-refractivity contribution is 5.81. The third kappa shape index (κ3) is 31.6. The number of hydrogen-bond donors (Lipinski definition) is 0. The molecule has 0 aliphatic carbocycles. The summed E-state index contributed by atoms with van der Waals surface area (Å²) in [4.78, 5) is 20.0. The predicted molar refractivity (Wildman–Crippen MR) is 123 cm³/mol. The van der Waals surface area contributed by atoms with Crippen molar-refractivity contribution in [3.05, 3.63) is 12.7 Å². The summed E-state index contributed by atoms with van der Waals surface area (Å²) in [5.41, 5.74) is -0.188. The number of Topliss-reactive ketones (excluding diaryl/α,β-unsaturated/α-hetero) is 1. The molecule has 0 spiro atoms. The summed E-state index contributed by atoms with van der Waals surface area (Å²) in [6, 6.07) is 0. The summed E-state index contributed by atoms with van der Waals surface area (Å²) in [7, 11) is 6.65. The minimum absolute atomic E-state index is 0. The van der Waals surface area contributed by atoms with Crippen molar-refractivity contribution in [3.8, 4) is 0 Å². The lowest BCUT2D eigenvalue weighted by atomic mass is 9.92. The number of carbonyl (C=O) groups is 2. The molecule has 0 N–H and O–H groups in total. The van der Waals surface area contributed by atoms with Crippen LogP contribution in [0.25, 0.3) is 0 Å². The molecular formula is C22H50O7. The van der Waals surface area contributed by atoms with Gasteiger partial charge in [-0.05, 0) is 13.3 Å². The Balaban J connectivity index is -0.0000000719. The first-order valence-corrected chi connectivity index (χ1v) is 8.57. The van der Waals surface area contributed by atoms with Gasteiger partial charge in [0.2, 0.25) is 0 Å². The Morgan fingerprint density at radius 2 is 1.14 bits per heavy atom. The lowest BCUT2D eigenvalue weighted by molar-refractivity contribution is -0.137. The van der Waals surface area contributed by atoms with Crippen LogP contribution in [0.15, 0.2) is 12.7 Å². The Kier molecular flexibility index (Phi) is 45.4. The predicted octanol–water partition coefficient (Wildman–Crippen LogP) is 4.58. The molecule has 0 aliphatic heterocycles. The van der Waals surface area contributed by atoms with Crippen LogP contribution in [0.3, 0.4) is 0 Å². The minimum atomic E-state index is -0.341. The Labute approximate surface area is 181 Å². The van der Waals surface area contributed by atoms with Gasteiger partial charge in [0, 0.05) is 40.9 Å². The largest absolute Gasteiger partial charge is 0.463 e. The molecule has 0 amide bonds. The summed E-state index contributed by atoms with van der Waals surface area (Å²) >= 11 is 0. The molecule has 0 bridgehead atoms. The van der Waals surface area contributed by atoms with E-state index in [-0.39, 0.29) is 39.4 Å². The maximum atomic E-state index is 10.2. The van der Waals surface area contributed by atoms with E-state index in [1.807, 2.05) is 13.8 Å². The molecule has 0 aromatic rings. The molecule has 0 rings (SSSR count). The molecule has 180 valence electrons. The molecule has 7 heteroatoms.